The summed E-state index contributed by atoms with van der Waals surface area (Å²) in [4.78, 5) is 16.3. The minimum atomic E-state index is -4.21. The standard InChI is InChI=1S/C20H27F4N3O3.ClH/c1-11-7-16(25-9-11)17(28)26-10-12-8-15(21)19(27-18(12)29-2)30-14-5-3-13(4-6-14)20(22,23)24;/h8,11,13-14,16,25H,3-7,9-10H2,1-2H3,(H,26,28);1H. The lowest BCUT2D eigenvalue weighted by atomic mass is 9.87. The molecule has 11 heteroatoms. The van der Waals surface area contributed by atoms with Crippen molar-refractivity contribution in [1.82, 2.24) is 15.6 Å². The molecule has 2 unspecified atom stereocenters. The molecule has 1 saturated carbocycles. The van der Waals surface area contributed by atoms with Crippen LogP contribution < -0.4 is 20.1 Å². The molecule has 0 aromatic carbocycles. The molecule has 2 N–H and O–H groups in total. The van der Waals surface area contributed by atoms with E-state index in [9.17, 15) is 22.4 Å². The summed E-state index contributed by atoms with van der Waals surface area (Å²) < 4.78 is 63.6. The molecule has 0 radical (unpaired) electrons. The number of methoxy groups -OCH3 is 1. The van der Waals surface area contributed by atoms with Gasteiger partial charge in [0.1, 0.15) is 6.10 Å². The van der Waals surface area contributed by atoms with Crippen LogP contribution in [-0.4, -0.2) is 42.9 Å². The molecule has 176 valence electrons. The van der Waals surface area contributed by atoms with Gasteiger partial charge in [0.2, 0.25) is 11.8 Å². The highest BCUT2D eigenvalue weighted by molar-refractivity contribution is 5.85. The quantitative estimate of drug-likeness (QED) is 0.621. The van der Waals surface area contributed by atoms with E-state index in [0.29, 0.717) is 11.5 Å². The molecule has 2 atom stereocenters. The molecule has 1 aliphatic carbocycles. The van der Waals surface area contributed by atoms with Gasteiger partial charge in [0.15, 0.2) is 5.82 Å². The zero-order valence-corrected chi connectivity index (χ0v) is 18.2. The molecule has 0 spiro atoms. The summed E-state index contributed by atoms with van der Waals surface area (Å²) >= 11 is 0. The number of hydrogen-bond donors (Lipinski definition) is 2. The Morgan fingerprint density at radius 1 is 1.26 bits per heavy atom. The lowest BCUT2D eigenvalue weighted by Crippen LogP contribution is -2.40. The van der Waals surface area contributed by atoms with E-state index in [2.05, 4.69) is 22.5 Å². The zero-order chi connectivity index (χ0) is 21.9. The van der Waals surface area contributed by atoms with E-state index in [-0.39, 0.29) is 68.3 Å². The number of carbonyl (C=O) groups is 1. The fraction of sp³-hybridized carbons (Fsp3) is 0.700. The van der Waals surface area contributed by atoms with Crippen LogP contribution in [0.25, 0.3) is 0 Å². The monoisotopic (exact) mass is 469 g/mol. The van der Waals surface area contributed by atoms with Crippen molar-refractivity contribution in [3.63, 3.8) is 0 Å². The maximum Gasteiger partial charge on any atom is 0.391 e. The number of halogens is 5. The third-order valence-electron chi connectivity index (χ3n) is 5.71. The van der Waals surface area contributed by atoms with Gasteiger partial charge in [-0.1, -0.05) is 6.92 Å². The third-order valence-corrected chi connectivity index (χ3v) is 5.71. The zero-order valence-electron chi connectivity index (χ0n) is 17.4. The van der Waals surface area contributed by atoms with Gasteiger partial charge >= 0.3 is 6.18 Å². The molecule has 1 aliphatic heterocycles. The number of rotatable bonds is 6. The molecular formula is C20H28ClF4N3O3. The Morgan fingerprint density at radius 3 is 2.48 bits per heavy atom. The number of ether oxygens (including phenoxy) is 2. The van der Waals surface area contributed by atoms with Gasteiger partial charge in [-0.25, -0.2) is 4.39 Å². The Kier molecular flexibility index (Phi) is 8.76. The lowest BCUT2D eigenvalue weighted by Gasteiger charge is -2.30. The summed E-state index contributed by atoms with van der Waals surface area (Å²) in [6.07, 6.45) is -3.75. The van der Waals surface area contributed by atoms with Crippen LogP contribution in [0, 0.1) is 17.7 Å². The Balaban J connectivity index is 0.00000341. The van der Waals surface area contributed by atoms with Crippen LogP contribution in [0.2, 0.25) is 0 Å². The van der Waals surface area contributed by atoms with Crippen LogP contribution in [0.4, 0.5) is 17.6 Å². The van der Waals surface area contributed by atoms with Gasteiger partial charge in [0, 0.05) is 12.1 Å². The number of carbonyl (C=O) groups excluding carboxylic acids is 1. The number of alkyl halides is 3. The van der Waals surface area contributed by atoms with Gasteiger partial charge in [-0.2, -0.15) is 18.2 Å². The number of nitrogens with zero attached hydrogens (tertiary/aromatic N) is 1. The summed E-state index contributed by atoms with van der Waals surface area (Å²) in [6.45, 7) is 2.86. The second-order valence-electron chi connectivity index (χ2n) is 8.10. The second kappa shape index (κ2) is 10.7. The number of amides is 1. The molecule has 6 nitrogen and oxygen atoms in total. The van der Waals surface area contributed by atoms with Gasteiger partial charge in [-0.15, -0.1) is 12.4 Å². The fourth-order valence-corrected chi connectivity index (χ4v) is 3.96. The van der Waals surface area contributed by atoms with E-state index in [1.165, 1.54) is 13.2 Å². The third kappa shape index (κ3) is 6.58. The topological polar surface area (TPSA) is 72.5 Å². The van der Waals surface area contributed by atoms with Crippen molar-refractivity contribution in [2.45, 2.75) is 63.9 Å². The Bertz CT molecular complexity index is 758. The molecule has 2 fully saturated rings. The van der Waals surface area contributed by atoms with Crippen molar-refractivity contribution >= 4 is 18.3 Å². The van der Waals surface area contributed by atoms with Crippen molar-refractivity contribution in [2.75, 3.05) is 13.7 Å². The molecule has 1 aromatic rings. The largest absolute Gasteiger partial charge is 0.481 e. The van der Waals surface area contributed by atoms with Crippen LogP contribution in [0.15, 0.2) is 6.07 Å². The highest BCUT2D eigenvalue weighted by Crippen LogP contribution is 2.38. The van der Waals surface area contributed by atoms with Crippen LogP contribution in [0.3, 0.4) is 0 Å². The van der Waals surface area contributed by atoms with E-state index >= 15 is 0 Å². The predicted molar refractivity (Wildman–Crippen MR) is 108 cm³/mol. The van der Waals surface area contributed by atoms with Crippen molar-refractivity contribution in [3.8, 4) is 11.8 Å². The average Bonchev–Trinajstić information content (AvgIpc) is 3.14. The number of nitrogens with one attached hydrogen (secondary N) is 2. The van der Waals surface area contributed by atoms with Crippen LogP contribution in [0.5, 0.6) is 11.8 Å². The molecule has 31 heavy (non-hydrogen) atoms. The molecule has 0 bridgehead atoms. The van der Waals surface area contributed by atoms with E-state index < -0.39 is 24.0 Å². The fourth-order valence-electron chi connectivity index (χ4n) is 3.96. The van der Waals surface area contributed by atoms with Crippen molar-refractivity contribution in [3.05, 3.63) is 17.4 Å². The lowest BCUT2D eigenvalue weighted by molar-refractivity contribution is -0.185. The molecule has 2 aliphatic rings. The van der Waals surface area contributed by atoms with Crippen molar-refractivity contribution in [1.29, 1.82) is 0 Å². The van der Waals surface area contributed by atoms with Crippen LogP contribution in [0.1, 0.15) is 44.6 Å². The summed E-state index contributed by atoms with van der Waals surface area (Å²) in [5.41, 5.74) is 0.350. The Labute approximate surface area is 184 Å². The number of aromatic nitrogens is 1. The second-order valence-corrected chi connectivity index (χ2v) is 8.10. The number of pyridine rings is 1. The maximum absolute atomic E-state index is 14.5. The molecule has 3 rings (SSSR count). The summed E-state index contributed by atoms with van der Waals surface area (Å²) in [6, 6.07) is 0.895. The molecule has 1 saturated heterocycles. The maximum atomic E-state index is 14.5. The highest BCUT2D eigenvalue weighted by Gasteiger charge is 2.42. The summed E-state index contributed by atoms with van der Waals surface area (Å²) in [5.74, 6) is -2.05. The van der Waals surface area contributed by atoms with E-state index in [0.717, 1.165) is 13.0 Å². The highest BCUT2D eigenvalue weighted by atomic mass is 35.5. The van der Waals surface area contributed by atoms with Gasteiger partial charge in [0.05, 0.1) is 19.1 Å². The SMILES string of the molecule is COc1nc(OC2CCC(C(F)(F)F)CC2)c(F)cc1CNC(=O)C1CC(C)CN1.Cl. The van der Waals surface area contributed by atoms with E-state index in [4.69, 9.17) is 9.47 Å². The van der Waals surface area contributed by atoms with Gasteiger partial charge in [-0.05, 0) is 50.6 Å². The van der Waals surface area contributed by atoms with Crippen molar-refractivity contribution in [2.24, 2.45) is 11.8 Å². The van der Waals surface area contributed by atoms with Crippen LogP contribution in [-0.2, 0) is 11.3 Å². The average molecular weight is 470 g/mol. The molecule has 1 aromatic heterocycles. The molecule has 1 amide bonds. The molecule has 2 heterocycles. The first-order valence-electron chi connectivity index (χ1n) is 10.1. The smallest absolute Gasteiger partial charge is 0.391 e. The minimum absolute atomic E-state index is 0. The Morgan fingerprint density at radius 2 is 1.94 bits per heavy atom. The first kappa shape index (κ1) is 25.5. The minimum Gasteiger partial charge on any atom is -0.481 e. The van der Waals surface area contributed by atoms with Crippen molar-refractivity contribution < 1.29 is 31.8 Å². The predicted octanol–water partition coefficient (Wildman–Crippen LogP) is 3.77. The van der Waals surface area contributed by atoms with Gasteiger partial charge in [-0.3, -0.25) is 4.79 Å². The van der Waals surface area contributed by atoms with E-state index in [1.807, 2.05) is 0 Å². The van der Waals surface area contributed by atoms with E-state index in [1.54, 1.807) is 0 Å². The van der Waals surface area contributed by atoms with Gasteiger partial charge < -0.3 is 20.1 Å². The molecular weight excluding hydrogens is 442 g/mol. The first-order valence-corrected chi connectivity index (χ1v) is 10.1. The summed E-state index contributed by atoms with van der Waals surface area (Å²) in [7, 11) is 1.37. The van der Waals surface area contributed by atoms with Gasteiger partial charge in [0.25, 0.3) is 5.88 Å². The Hall–Kier alpha value is -1.81. The normalized spacial score (nSPS) is 26.1. The van der Waals surface area contributed by atoms with Crippen LogP contribution >= 0.6 is 12.4 Å². The number of hydrogen-bond acceptors (Lipinski definition) is 5. The summed E-state index contributed by atoms with van der Waals surface area (Å²) in [5, 5.41) is 5.87. The first-order chi connectivity index (χ1) is 14.2.